The summed E-state index contributed by atoms with van der Waals surface area (Å²) in [6.45, 7) is 3.75. The Hall–Kier alpha value is -0.540. The van der Waals surface area contributed by atoms with Crippen molar-refractivity contribution < 1.29 is 10.2 Å². The molecule has 0 amide bonds. The Labute approximate surface area is 91.7 Å². The van der Waals surface area contributed by atoms with Gasteiger partial charge in [-0.3, -0.25) is 0 Å². The summed E-state index contributed by atoms with van der Waals surface area (Å²) < 4.78 is 0.889. The molecule has 0 aromatic heterocycles. The zero-order chi connectivity index (χ0) is 10.5. The monoisotopic (exact) mass is 256 g/mol. The fourth-order valence-corrected chi connectivity index (χ4v) is 2.34. The second kappa shape index (κ2) is 2.97. The molecule has 0 bridgehead atoms. The molecule has 2 nitrogen and oxygen atoms in total. The highest BCUT2D eigenvalue weighted by atomic mass is 79.9. The number of hydrogen-bond acceptors (Lipinski definition) is 2. The number of rotatable bonds is 1. The minimum Gasteiger partial charge on any atom is -0.507 e. The molecule has 2 N–H and O–H groups in total. The Bertz CT molecular complexity index is 395. The highest BCUT2D eigenvalue weighted by molar-refractivity contribution is 9.10. The Morgan fingerprint density at radius 1 is 1.36 bits per heavy atom. The average Bonchev–Trinajstić information content (AvgIpc) is 2.80. The largest absolute Gasteiger partial charge is 0.507 e. The zero-order valence-electron chi connectivity index (χ0n) is 8.26. The first-order valence-electron chi connectivity index (χ1n) is 4.67. The SMILES string of the molecule is Cc1cc(Br)c(C)c(O)c1C1(O)CC1. The number of hydrogen-bond donors (Lipinski definition) is 2. The van der Waals surface area contributed by atoms with Crippen molar-refractivity contribution in [2.45, 2.75) is 32.3 Å². The lowest BCUT2D eigenvalue weighted by Gasteiger charge is -2.16. The summed E-state index contributed by atoms with van der Waals surface area (Å²) in [6, 6.07) is 1.95. The van der Waals surface area contributed by atoms with E-state index in [1.807, 2.05) is 19.9 Å². The average molecular weight is 257 g/mol. The molecule has 3 heteroatoms. The van der Waals surface area contributed by atoms with Crippen LogP contribution in [0.25, 0.3) is 0 Å². The first kappa shape index (κ1) is 9.99. The van der Waals surface area contributed by atoms with Crippen LogP contribution in [-0.2, 0) is 5.60 Å². The lowest BCUT2D eigenvalue weighted by atomic mass is 9.97. The maximum absolute atomic E-state index is 10.0. The Morgan fingerprint density at radius 3 is 2.43 bits per heavy atom. The minimum atomic E-state index is -0.764. The van der Waals surface area contributed by atoms with Crippen LogP contribution in [0.1, 0.15) is 29.5 Å². The second-order valence-corrected chi connectivity index (χ2v) is 4.91. The summed E-state index contributed by atoms with van der Waals surface area (Å²) in [5, 5.41) is 19.9. The van der Waals surface area contributed by atoms with Gasteiger partial charge in [0.15, 0.2) is 0 Å². The first-order chi connectivity index (χ1) is 6.46. The van der Waals surface area contributed by atoms with E-state index >= 15 is 0 Å². The molecule has 1 aromatic carbocycles. The van der Waals surface area contributed by atoms with E-state index in [2.05, 4.69) is 15.9 Å². The predicted octanol–water partition coefficient (Wildman–Crippen LogP) is 2.75. The third-order valence-corrected chi connectivity index (χ3v) is 3.70. The lowest BCUT2D eigenvalue weighted by molar-refractivity contribution is 0.147. The quantitative estimate of drug-likeness (QED) is 0.812. The van der Waals surface area contributed by atoms with E-state index in [0.29, 0.717) is 5.56 Å². The van der Waals surface area contributed by atoms with Gasteiger partial charge in [-0.1, -0.05) is 15.9 Å². The second-order valence-electron chi connectivity index (χ2n) is 4.06. The highest BCUT2D eigenvalue weighted by Gasteiger charge is 2.45. The molecular formula is C11H13BrO2. The van der Waals surface area contributed by atoms with Crippen molar-refractivity contribution in [2.75, 3.05) is 0 Å². The summed E-state index contributed by atoms with van der Waals surface area (Å²) in [7, 11) is 0. The first-order valence-corrected chi connectivity index (χ1v) is 5.46. The molecule has 0 saturated heterocycles. The van der Waals surface area contributed by atoms with Gasteiger partial charge in [-0.25, -0.2) is 0 Å². The summed E-state index contributed by atoms with van der Waals surface area (Å²) in [5.74, 6) is 0.233. The molecule has 0 aliphatic heterocycles. The van der Waals surface area contributed by atoms with Gasteiger partial charge >= 0.3 is 0 Å². The van der Waals surface area contributed by atoms with Crippen molar-refractivity contribution >= 4 is 15.9 Å². The highest BCUT2D eigenvalue weighted by Crippen LogP contribution is 2.51. The van der Waals surface area contributed by atoms with E-state index < -0.39 is 5.60 Å². The van der Waals surface area contributed by atoms with Gasteiger partial charge in [-0.15, -0.1) is 0 Å². The van der Waals surface area contributed by atoms with Gasteiger partial charge in [0.1, 0.15) is 5.75 Å². The normalized spacial score (nSPS) is 18.3. The fraction of sp³-hybridized carbons (Fsp3) is 0.455. The van der Waals surface area contributed by atoms with E-state index in [0.717, 1.165) is 28.4 Å². The van der Waals surface area contributed by atoms with Crippen LogP contribution in [0.15, 0.2) is 10.5 Å². The molecule has 1 aliphatic carbocycles. The van der Waals surface area contributed by atoms with E-state index in [4.69, 9.17) is 0 Å². The number of phenolic OH excluding ortho intramolecular Hbond substituents is 1. The van der Waals surface area contributed by atoms with Crippen LogP contribution in [0.2, 0.25) is 0 Å². The molecule has 2 rings (SSSR count). The molecular weight excluding hydrogens is 244 g/mol. The molecule has 0 heterocycles. The Morgan fingerprint density at radius 2 is 1.93 bits per heavy atom. The Balaban J connectivity index is 2.65. The number of aryl methyl sites for hydroxylation is 1. The summed E-state index contributed by atoms with van der Waals surface area (Å²) >= 11 is 3.38. The van der Waals surface area contributed by atoms with Crippen LogP contribution >= 0.6 is 15.9 Å². The van der Waals surface area contributed by atoms with E-state index in [-0.39, 0.29) is 5.75 Å². The molecule has 0 atom stereocenters. The van der Waals surface area contributed by atoms with E-state index in [9.17, 15) is 10.2 Å². The predicted molar refractivity (Wildman–Crippen MR) is 58.4 cm³/mol. The van der Waals surface area contributed by atoms with Crippen molar-refractivity contribution in [1.82, 2.24) is 0 Å². The van der Waals surface area contributed by atoms with Crippen molar-refractivity contribution in [3.8, 4) is 5.75 Å². The molecule has 14 heavy (non-hydrogen) atoms. The summed E-state index contributed by atoms with van der Waals surface area (Å²) in [6.07, 6.45) is 1.50. The van der Waals surface area contributed by atoms with Gasteiger partial charge in [0.25, 0.3) is 0 Å². The molecule has 0 spiro atoms. The Kier molecular flexibility index (Phi) is 2.12. The number of aliphatic hydroxyl groups is 1. The van der Waals surface area contributed by atoms with Crippen LogP contribution in [-0.4, -0.2) is 10.2 Å². The lowest BCUT2D eigenvalue weighted by Crippen LogP contribution is -2.08. The maximum Gasteiger partial charge on any atom is 0.125 e. The molecule has 0 radical (unpaired) electrons. The van der Waals surface area contributed by atoms with Crippen LogP contribution < -0.4 is 0 Å². The molecule has 1 aliphatic rings. The standard InChI is InChI=1S/C11H13BrO2/c1-6-5-8(12)7(2)10(13)9(6)11(14)3-4-11/h5,13-14H,3-4H2,1-2H3. The van der Waals surface area contributed by atoms with Crippen LogP contribution in [0.3, 0.4) is 0 Å². The van der Waals surface area contributed by atoms with Gasteiger partial charge in [-0.05, 0) is 38.3 Å². The van der Waals surface area contributed by atoms with Crippen molar-refractivity contribution in [3.05, 3.63) is 27.2 Å². The summed E-state index contributed by atoms with van der Waals surface area (Å²) in [4.78, 5) is 0. The summed E-state index contributed by atoms with van der Waals surface area (Å²) in [5.41, 5.74) is 1.68. The van der Waals surface area contributed by atoms with E-state index in [1.54, 1.807) is 0 Å². The van der Waals surface area contributed by atoms with Crippen LogP contribution in [0.5, 0.6) is 5.75 Å². The smallest absolute Gasteiger partial charge is 0.125 e. The number of benzene rings is 1. The van der Waals surface area contributed by atoms with Gasteiger partial charge in [0.05, 0.1) is 5.60 Å². The number of phenols is 1. The molecule has 1 aromatic rings. The van der Waals surface area contributed by atoms with Crippen molar-refractivity contribution in [1.29, 1.82) is 0 Å². The maximum atomic E-state index is 10.0. The van der Waals surface area contributed by atoms with Crippen LogP contribution in [0, 0.1) is 13.8 Å². The van der Waals surface area contributed by atoms with Crippen molar-refractivity contribution in [3.63, 3.8) is 0 Å². The fourth-order valence-electron chi connectivity index (χ4n) is 1.81. The third-order valence-electron chi connectivity index (χ3n) is 2.88. The van der Waals surface area contributed by atoms with Gasteiger partial charge in [0.2, 0.25) is 0 Å². The van der Waals surface area contributed by atoms with E-state index in [1.165, 1.54) is 0 Å². The van der Waals surface area contributed by atoms with Gasteiger partial charge in [-0.2, -0.15) is 0 Å². The topological polar surface area (TPSA) is 40.5 Å². The van der Waals surface area contributed by atoms with Gasteiger partial charge in [0, 0.05) is 15.6 Å². The number of aromatic hydroxyl groups is 1. The molecule has 1 saturated carbocycles. The molecule has 1 fully saturated rings. The van der Waals surface area contributed by atoms with Crippen LogP contribution in [0.4, 0.5) is 0 Å². The molecule has 76 valence electrons. The van der Waals surface area contributed by atoms with Gasteiger partial charge < -0.3 is 10.2 Å². The van der Waals surface area contributed by atoms with Crippen molar-refractivity contribution in [2.24, 2.45) is 0 Å². The minimum absolute atomic E-state index is 0.233. The third kappa shape index (κ3) is 1.35. The number of halogens is 1. The molecule has 0 unspecified atom stereocenters. The zero-order valence-corrected chi connectivity index (χ0v) is 9.85.